The molecule has 1 heterocycles. The zero-order chi connectivity index (χ0) is 22.1. The number of phenols is 1. The molecule has 2 atom stereocenters. The average Bonchev–Trinajstić information content (AvgIpc) is 2.72. The van der Waals surface area contributed by atoms with Gasteiger partial charge in [-0.2, -0.15) is 0 Å². The quantitative estimate of drug-likeness (QED) is 0.756. The number of nitrogens with one attached hydrogen (secondary N) is 1. The van der Waals surface area contributed by atoms with Crippen LogP contribution in [-0.4, -0.2) is 30.0 Å². The Morgan fingerprint density at radius 2 is 1.81 bits per heavy atom. The van der Waals surface area contributed by atoms with Crippen molar-refractivity contribution in [2.24, 2.45) is 0 Å². The van der Waals surface area contributed by atoms with E-state index in [1.165, 1.54) is 0 Å². The molecule has 31 heavy (non-hydrogen) atoms. The molecule has 1 aliphatic heterocycles. The lowest BCUT2D eigenvalue weighted by Crippen LogP contribution is -2.38. The Bertz CT molecular complexity index is 1060. The summed E-state index contributed by atoms with van der Waals surface area (Å²) >= 11 is 0. The van der Waals surface area contributed by atoms with E-state index in [4.69, 9.17) is 9.47 Å². The number of ketones is 1. The maximum absolute atomic E-state index is 13.2. The number of amides is 1. The highest BCUT2D eigenvalue weighted by molar-refractivity contribution is 6.02. The first kappa shape index (κ1) is 21.0. The van der Waals surface area contributed by atoms with Gasteiger partial charge in [-0.15, -0.1) is 0 Å². The largest absolute Gasteiger partial charge is 0.508 e. The molecular formula is C25H27NO5. The first-order valence-electron chi connectivity index (χ1n) is 10.5. The third kappa shape index (κ3) is 4.29. The molecule has 0 saturated heterocycles. The fourth-order valence-corrected chi connectivity index (χ4v) is 4.51. The van der Waals surface area contributed by atoms with Crippen molar-refractivity contribution in [1.82, 2.24) is 5.32 Å². The fraction of sp³-hybridized carbons (Fsp3) is 0.360. The molecule has 6 nitrogen and oxygen atoms in total. The van der Waals surface area contributed by atoms with Crippen molar-refractivity contribution in [2.75, 3.05) is 7.11 Å². The molecule has 0 bridgehead atoms. The minimum absolute atomic E-state index is 0.0236. The number of allylic oxidation sites excluding steroid dienone is 2. The number of methoxy groups -OCH3 is 1. The predicted octanol–water partition coefficient (Wildman–Crippen LogP) is 4.19. The Hall–Kier alpha value is -3.28. The van der Waals surface area contributed by atoms with Crippen LogP contribution in [0.25, 0.3) is 0 Å². The average molecular weight is 421 g/mol. The number of Topliss-reactive ketones (excluding diaryl/α,β-unsaturated/α-hetero) is 1. The van der Waals surface area contributed by atoms with Crippen LogP contribution in [0.1, 0.15) is 56.1 Å². The second-order valence-corrected chi connectivity index (χ2v) is 8.40. The molecule has 0 spiro atoms. The number of carbonyl (C=O) groups excluding carboxylic acids is 2. The molecule has 0 fully saturated rings. The maximum atomic E-state index is 13.2. The van der Waals surface area contributed by atoms with Crippen LogP contribution in [0.3, 0.4) is 0 Å². The minimum Gasteiger partial charge on any atom is -0.508 e. The number of aromatic hydroxyl groups is 1. The van der Waals surface area contributed by atoms with Gasteiger partial charge < -0.3 is 19.9 Å². The molecule has 1 amide bonds. The van der Waals surface area contributed by atoms with Gasteiger partial charge in [0.15, 0.2) is 17.3 Å². The van der Waals surface area contributed by atoms with Crippen LogP contribution in [0.15, 0.2) is 53.7 Å². The van der Waals surface area contributed by atoms with Crippen molar-refractivity contribution < 1.29 is 24.2 Å². The van der Waals surface area contributed by atoms with Gasteiger partial charge in [0.1, 0.15) is 5.75 Å². The van der Waals surface area contributed by atoms with Crippen molar-refractivity contribution in [3.05, 3.63) is 64.9 Å². The topological polar surface area (TPSA) is 84.9 Å². The van der Waals surface area contributed by atoms with Gasteiger partial charge in [0.2, 0.25) is 5.91 Å². The smallest absolute Gasteiger partial charge is 0.225 e. The van der Waals surface area contributed by atoms with Gasteiger partial charge in [-0.3, -0.25) is 9.59 Å². The van der Waals surface area contributed by atoms with E-state index in [9.17, 15) is 14.7 Å². The normalized spacial score (nSPS) is 21.0. The molecule has 0 aromatic heterocycles. The molecule has 0 saturated carbocycles. The van der Waals surface area contributed by atoms with Crippen LogP contribution in [0, 0.1) is 0 Å². The lowest BCUT2D eigenvalue weighted by atomic mass is 9.73. The summed E-state index contributed by atoms with van der Waals surface area (Å²) in [5, 5.41) is 12.8. The van der Waals surface area contributed by atoms with Gasteiger partial charge in [-0.05, 0) is 61.6 Å². The molecule has 4 rings (SSSR count). The molecular weight excluding hydrogens is 394 g/mol. The number of carbonyl (C=O) groups is 2. The highest BCUT2D eigenvalue weighted by Gasteiger charge is 2.38. The van der Waals surface area contributed by atoms with Crippen molar-refractivity contribution in [2.45, 2.75) is 51.0 Å². The van der Waals surface area contributed by atoms with Crippen LogP contribution in [0.5, 0.6) is 17.2 Å². The van der Waals surface area contributed by atoms with Gasteiger partial charge in [-0.25, -0.2) is 0 Å². The summed E-state index contributed by atoms with van der Waals surface area (Å²) in [4.78, 5) is 25.7. The van der Waals surface area contributed by atoms with Crippen molar-refractivity contribution in [1.29, 1.82) is 0 Å². The Balaban J connectivity index is 1.66. The summed E-state index contributed by atoms with van der Waals surface area (Å²) in [6.07, 6.45) is 1.15. The van der Waals surface area contributed by atoms with Crippen LogP contribution in [0.4, 0.5) is 0 Å². The zero-order valence-electron chi connectivity index (χ0n) is 18.0. The number of ether oxygens (including phenoxy) is 2. The van der Waals surface area contributed by atoms with E-state index >= 15 is 0 Å². The molecule has 2 aliphatic rings. The maximum Gasteiger partial charge on any atom is 0.225 e. The highest BCUT2D eigenvalue weighted by atomic mass is 16.5. The third-order valence-electron chi connectivity index (χ3n) is 5.83. The van der Waals surface area contributed by atoms with Gasteiger partial charge >= 0.3 is 0 Å². The Kier molecular flexibility index (Phi) is 5.72. The van der Waals surface area contributed by atoms with E-state index in [0.717, 1.165) is 11.1 Å². The molecule has 0 radical (unpaired) electrons. The third-order valence-corrected chi connectivity index (χ3v) is 5.83. The summed E-state index contributed by atoms with van der Waals surface area (Å²) in [7, 11) is 1.60. The molecule has 2 N–H and O–H groups in total. The molecule has 162 valence electrons. The van der Waals surface area contributed by atoms with Crippen molar-refractivity contribution >= 4 is 11.7 Å². The second-order valence-electron chi connectivity index (χ2n) is 8.40. The van der Waals surface area contributed by atoms with Crippen LogP contribution in [0.2, 0.25) is 0 Å². The van der Waals surface area contributed by atoms with Crippen LogP contribution < -0.4 is 14.8 Å². The monoisotopic (exact) mass is 421 g/mol. The molecule has 6 heteroatoms. The second kappa shape index (κ2) is 8.46. The Morgan fingerprint density at radius 1 is 1.00 bits per heavy atom. The van der Waals surface area contributed by atoms with Gasteiger partial charge in [-0.1, -0.05) is 18.2 Å². The Labute approximate surface area is 181 Å². The van der Waals surface area contributed by atoms with E-state index < -0.39 is 0 Å². The molecule has 2 aromatic rings. The van der Waals surface area contributed by atoms with Crippen molar-refractivity contribution in [3.63, 3.8) is 0 Å². The van der Waals surface area contributed by atoms with Crippen molar-refractivity contribution in [3.8, 4) is 17.2 Å². The first-order chi connectivity index (χ1) is 14.9. The fourth-order valence-electron chi connectivity index (χ4n) is 4.51. The van der Waals surface area contributed by atoms with E-state index in [-0.39, 0.29) is 41.8 Å². The molecule has 1 aliphatic carbocycles. The Morgan fingerprint density at radius 3 is 2.52 bits per heavy atom. The summed E-state index contributed by atoms with van der Waals surface area (Å²) < 4.78 is 11.3. The predicted molar refractivity (Wildman–Crippen MR) is 116 cm³/mol. The van der Waals surface area contributed by atoms with Gasteiger partial charge in [0.05, 0.1) is 13.2 Å². The summed E-state index contributed by atoms with van der Waals surface area (Å²) in [6.45, 7) is 3.91. The molecule has 2 aromatic carbocycles. The van der Waals surface area contributed by atoms with Crippen LogP contribution >= 0.6 is 0 Å². The number of rotatable bonds is 5. The lowest BCUT2D eigenvalue weighted by Gasteiger charge is -2.34. The lowest BCUT2D eigenvalue weighted by molar-refractivity contribution is -0.122. The summed E-state index contributed by atoms with van der Waals surface area (Å²) in [5.74, 6) is 0.946. The highest BCUT2D eigenvalue weighted by Crippen LogP contribution is 2.44. The number of hydrogen-bond acceptors (Lipinski definition) is 5. The van der Waals surface area contributed by atoms with E-state index in [2.05, 4.69) is 5.32 Å². The van der Waals surface area contributed by atoms with Crippen LogP contribution in [-0.2, 0) is 9.59 Å². The van der Waals surface area contributed by atoms with E-state index in [0.29, 0.717) is 35.6 Å². The standard InChI is InChI=1S/C25H27NO5/c1-14(2)31-22-8-7-15(12-23(22)30-3)17-10-20-25(21(28)11-17)19(13-24(29)26-20)16-5-4-6-18(27)9-16/h4-9,12,14,17,19,27H,10-11,13H2,1-3H3,(H,26,29). The summed E-state index contributed by atoms with van der Waals surface area (Å²) in [6, 6.07) is 12.6. The van der Waals surface area contributed by atoms with E-state index in [1.807, 2.05) is 38.1 Å². The number of hydrogen-bond donors (Lipinski definition) is 2. The minimum atomic E-state index is -0.333. The first-order valence-corrected chi connectivity index (χ1v) is 10.5. The number of phenolic OH excluding ortho intramolecular Hbond substituents is 1. The SMILES string of the molecule is COc1cc(C2CC(=O)C3=C(C2)NC(=O)CC3c2cccc(O)c2)ccc1OC(C)C. The van der Waals surface area contributed by atoms with E-state index in [1.54, 1.807) is 25.3 Å². The zero-order valence-corrected chi connectivity index (χ0v) is 18.0. The summed E-state index contributed by atoms with van der Waals surface area (Å²) in [5.41, 5.74) is 3.10. The number of benzene rings is 2. The molecule has 2 unspecified atom stereocenters. The van der Waals surface area contributed by atoms with Gasteiger partial charge in [0.25, 0.3) is 0 Å². The van der Waals surface area contributed by atoms with Gasteiger partial charge in [0, 0.05) is 30.0 Å².